The van der Waals surface area contributed by atoms with Gasteiger partial charge in [0.25, 0.3) is 0 Å². The van der Waals surface area contributed by atoms with Crippen molar-refractivity contribution in [2.75, 3.05) is 23.8 Å². The molecule has 1 aromatic rings. The van der Waals surface area contributed by atoms with Crippen molar-refractivity contribution in [3.05, 3.63) is 12.4 Å². The van der Waals surface area contributed by atoms with E-state index in [4.69, 9.17) is 5.11 Å². The molecule has 1 aromatic heterocycles. The summed E-state index contributed by atoms with van der Waals surface area (Å²) in [5.41, 5.74) is 0. The summed E-state index contributed by atoms with van der Waals surface area (Å²) in [6.07, 6.45) is 5.57. The molecule has 1 saturated carbocycles. The van der Waals surface area contributed by atoms with E-state index in [0.717, 1.165) is 5.82 Å². The van der Waals surface area contributed by atoms with Crippen LogP contribution in [0.4, 0.5) is 11.6 Å². The fourth-order valence-electron chi connectivity index (χ4n) is 1.31. The summed E-state index contributed by atoms with van der Waals surface area (Å²) in [5.74, 6) is 0.420. The van der Waals surface area contributed by atoms with E-state index in [9.17, 15) is 4.79 Å². The van der Waals surface area contributed by atoms with E-state index >= 15 is 0 Å². The lowest BCUT2D eigenvalue weighted by molar-refractivity contribution is -0.135. The molecule has 16 heavy (non-hydrogen) atoms. The van der Waals surface area contributed by atoms with Crippen LogP contribution in [0.1, 0.15) is 12.8 Å². The Balaban J connectivity index is 1.97. The number of nitrogens with zero attached hydrogens (tertiary/aromatic N) is 3. The molecule has 2 N–H and O–H groups in total. The van der Waals surface area contributed by atoms with Crippen molar-refractivity contribution in [3.63, 3.8) is 0 Å². The molecule has 1 fully saturated rings. The van der Waals surface area contributed by atoms with Gasteiger partial charge in [0.2, 0.25) is 0 Å². The van der Waals surface area contributed by atoms with Crippen molar-refractivity contribution in [1.82, 2.24) is 9.97 Å². The van der Waals surface area contributed by atoms with Crippen LogP contribution in [0, 0.1) is 0 Å². The highest BCUT2D eigenvalue weighted by atomic mass is 16.4. The first-order valence-electron chi connectivity index (χ1n) is 5.16. The number of aromatic nitrogens is 2. The van der Waals surface area contributed by atoms with Gasteiger partial charge in [0.05, 0.1) is 12.4 Å². The number of rotatable bonds is 5. The maximum atomic E-state index is 10.5. The molecule has 0 saturated heterocycles. The van der Waals surface area contributed by atoms with Crippen molar-refractivity contribution < 1.29 is 9.90 Å². The van der Waals surface area contributed by atoms with Crippen molar-refractivity contribution in [2.45, 2.75) is 18.9 Å². The minimum atomic E-state index is -0.885. The second-order valence-electron chi connectivity index (χ2n) is 3.93. The number of carbonyl (C=O) groups is 1. The second kappa shape index (κ2) is 4.34. The van der Waals surface area contributed by atoms with Gasteiger partial charge in [-0.2, -0.15) is 0 Å². The molecule has 0 atom stereocenters. The topological polar surface area (TPSA) is 78.4 Å². The van der Waals surface area contributed by atoms with Crippen molar-refractivity contribution >= 4 is 17.6 Å². The molecule has 0 aromatic carbocycles. The zero-order valence-corrected chi connectivity index (χ0v) is 9.05. The summed E-state index contributed by atoms with van der Waals surface area (Å²) in [6.45, 7) is -0.0793. The fourth-order valence-corrected chi connectivity index (χ4v) is 1.31. The molecule has 0 unspecified atom stereocenters. The standard InChI is InChI=1S/C10H14N4O2/c1-14(6-10(15)16)9-5-11-8(4-12-9)13-7-2-3-7/h4-5,7H,2-3,6H2,1H3,(H,11,13)(H,15,16). The molecule has 1 aliphatic rings. The second-order valence-corrected chi connectivity index (χ2v) is 3.93. The van der Waals surface area contributed by atoms with Crippen LogP contribution >= 0.6 is 0 Å². The van der Waals surface area contributed by atoms with Crippen LogP contribution in [0.15, 0.2) is 12.4 Å². The molecule has 0 amide bonds. The van der Waals surface area contributed by atoms with Crippen LogP contribution < -0.4 is 10.2 Å². The maximum absolute atomic E-state index is 10.5. The van der Waals surface area contributed by atoms with Crippen LogP contribution in [0.25, 0.3) is 0 Å². The smallest absolute Gasteiger partial charge is 0.323 e. The fraction of sp³-hybridized carbons (Fsp3) is 0.500. The molecular formula is C10H14N4O2. The van der Waals surface area contributed by atoms with Gasteiger partial charge >= 0.3 is 5.97 Å². The average molecular weight is 222 g/mol. The van der Waals surface area contributed by atoms with Crippen molar-refractivity contribution in [3.8, 4) is 0 Å². The third-order valence-electron chi connectivity index (χ3n) is 2.33. The predicted octanol–water partition coefficient (Wildman–Crippen LogP) is 0.572. The van der Waals surface area contributed by atoms with Gasteiger partial charge < -0.3 is 15.3 Å². The summed E-state index contributed by atoms with van der Waals surface area (Å²) in [7, 11) is 1.67. The Bertz CT molecular complexity index is 375. The Morgan fingerprint density at radius 2 is 2.31 bits per heavy atom. The third kappa shape index (κ3) is 2.82. The monoisotopic (exact) mass is 222 g/mol. The highest BCUT2D eigenvalue weighted by Gasteiger charge is 2.21. The quantitative estimate of drug-likeness (QED) is 0.758. The van der Waals surface area contributed by atoms with E-state index in [-0.39, 0.29) is 6.54 Å². The van der Waals surface area contributed by atoms with E-state index < -0.39 is 5.97 Å². The van der Waals surface area contributed by atoms with Gasteiger partial charge in [0.15, 0.2) is 0 Å². The zero-order chi connectivity index (χ0) is 11.5. The highest BCUT2D eigenvalue weighted by molar-refractivity contribution is 5.72. The van der Waals surface area contributed by atoms with Crippen molar-refractivity contribution in [1.29, 1.82) is 0 Å². The molecule has 1 heterocycles. The molecule has 2 rings (SSSR count). The first-order chi connectivity index (χ1) is 7.65. The van der Waals surface area contributed by atoms with E-state index in [1.165, 1.54) is 17.7 Å². The lowest BCUT2D eigenvalue weighted by atomic mass is 10.5. The zero-order valence-electron chi connectivity index (χ0n) is 9.05. The minimum Gasteiger partial charge on any atom is -0.480 e. The summed E-state index contributed by atoms with van der Waals surface area (Å²) >= 11 is 0. The highest BCUT2D eigenvalue weighted by Crippen LogP contribution is 2.23. The van der Waals surface area contributed by atoms with Gasteiger partial charge in [0, 0.05) is 13.1 Å². The van der Waals surface area contributed by atoms with Gasteiger partial charge in [0.1, 0.15) is 18.2 Å². The molecule has 1 aliphatic carbocycles. The Hall–Kier alpha value is -1.85. The number of nitrogens with one attached hydrogen (secondary N) is 1. The largest absolute Gasteiger partial charge is 0.480 e. The number of anilines is 2. The van der Waals surface area contributed by atoms with E-state index in [1.807, 2.05) is 0 Å². The van der Waals surface area contributed by atoms with Crippen molar-refractivity contribution in [2.24, 2.45) is 0 Å². The van der Waals surface area contributed by atoms with Crippen LogP contribution in [-0.4, -0.2) is 40.7 Å². The molecular weight excluding hydrogens is 208 g/mol. The number of carboxylic acid groups (broad SMARTS) is 1. The molecule has 0 spiro atoms. The normalized spacial score (nSPS) is 14.6. The van der Waals surface area contributed by atoms with Crippen LogP contribution in [0.3, 0.4) is 0 Å². The van der Waals surface area contributed by atoms with Gasteiger partial charge in [-0.25, -0.2) is 9.97 Å². The van der Waals surface area contributed by atoms with Crippen LogP contribution in [-0.2, 0) is 4.79 Å². The summed E-state index contributed by atoms with van der Waals surface area (Å²) in [6, 6.07) is 0.539. The maximum Gasteiger partial charge on any atom is 0.323 e. The van der Waals surface area contributed by atoms with E-state index in [1.54, 1.807) is 19.4 Å². The van der Waals surface area contributed by atoms with Crippen LogP contribution in [0.5, 0.6) is 0 Å². The first-order valence-corrected chi connectivity index (χ1v) is 5.16. The molecule has 6 nitrogen and oxygen atoms in total. The first kappa shape index (κ1) is 10.7. The molecule has 6 heteroatoms. The molecule has 0 radical (unpaired) electrons. The van der Waals surface area contributed by atoms with Gasteiger partial charge in [-0.15, -0.1) is 0 Å². The van der Waals surface area contributed by atoms with E-state index in [0.29, 0.717) is 11.9 Å². The lowest BCUT2D eigenvalue weighted by Gasteiger charge is -2.15. The Kier molecular flexibility index (Phi) is 2.89. The molecule has 86 valence electrons. The number of likely N-dealkylation sites (N-methyl/N-ethyl adjacent to an activating group) is 1. The predicted molar refractivity (Wildman–Crippen MR) is 59.6 cm³/mol. The average Bonchev–Trinajstić information content (AvgIpc) is 3.01. The van der Waals surface area contributed by atoms with Gasteiger partial charge in [-0.3, -0.25) is 4.79 Å². The number of aliphatic carboxylic acids is 1. The number of hydrogen-bond donors (Lipinski definition) is 2. The van der Waals surface area contributed by atoms with Gasteiger partial charge in [-0.05, 0) is 12.8 Å². The number of hydrogen-bond acceptors (Lipinski definition) is 5. The molecule has 0 aliphatic heterocycles. The lowest BCUT2D eigenvalue weighted by Crippen LogP contribution is -2.26. The third-order valence-corrected chi connectivity index (χ3v) is 2.33. The Labute approximate surface area is 93.3 Å². The Morgan fingerprint density at radius 3 is 2.81 bits per heavy atom. The summed E-state index contributed by atoms with van der Waals surface area (Å²) < 4.78 is 0. The summed E-state index contributed by atoms with van der Waals surface area (Å²) in [5, 5.41) is 11.8. The molecule has 0 bridgehead atoms. The SMILES string of the molecule is CN(CC(=O)O)c1cnc(NC2CC2)cn1. The van der Waals surface area contributed by atoms with Crippen LogP contribution in [0.2, 0.25) is 0 Å². The Morgan fingerprint density at radius 1 is 1.56 bits per heavy atom. The van der Waals surface area contributed by atoms with Gasteiger partial charge in [-0.1, -0.05) is 0 Å². The summed E-state index contributed by atoms with van der Waals surface area (Å²) in [4.78, 5) is 20.4. The minimum absolute atomic E-state index is 0.0793. The number of carboxylic acids is 1. The van der Waals surface area contributed by atoms with E-state index in [2.05, 4.69) is 15.3 Å².